The quantitative estimate of drug-likeness (QED) is 0.859. The lowest BCUT2D eigenvalue weighted by Crippen LogP contribution is -2.41. The first-order valence-corrected chi connectivity index (χ1v) is 7.53. The molecule has 1 N–H and O–H groups in total. The van der Waals surface area contributed by atoms with Gasteiger partial charge in [0.1, 0.15) is 11.6 Å². The molecule has 1 saturated carbocycles. The van der Waals surface area contributed by atoms with Crippen molar-refractivity contribution < 1.29 is 14.0 Å². The molecule has 21 heavy (non-hydrogen) atoms. The number of rotatable bonds is 4. The zero-order valence-corrected chi connectivity index (χ0v) is 13.4. The van der Waals surface area contributed by atoms with E-state index in [4.69, 9.17) is 14.0 Å². The van der Waals surface area contributed by atoms with Crippen molar-refractivity contribution in [3.63, 3.8) is 0 Å². The Morgan fingerprint density at radius 3 is 2.38 bits per heavy atom. The Labute approximate surface area is 126 Å². The molecule has 0 unspecified atom stereocenters. The summed E-state index contributed by atoms with van der Waals surface area (Å²) in [5.41, 5.74) is 0.0932. The Morgan fingerprint density at radius 1 is 1.24 bits per heavy atom. The zero-order chi connectivity index (χ0) is 15.3. The fourth-order valence-corrected chi connectivity index (χ4v) is 2.31. The van der Waals surface area contributed by atoms with Gasteiger partial charge in [0.05, 0.1) is 22.8 Å². The van der Waals surface area contributed by atoms with Gasteiger partial charge in [0, 0.05) is 13.2 Å². The van der Waals surface area contributed by atoms with E-state index in [-0.39, 0.29) is 11.2 Å². The van der Waals surface area contributed by atoms with Gasteiger partial charge in [-0.1, -0.05) is 0 Å². The van der Waals surface area contributed by atoms with Crippen LogP contribution in [0.15, 0.2) is 12.3 Å². The minimum Gasteiger partial charge on any atom is -0.491 e. The van der Waals surface area contributed by atoms with Gasteiger partial charge in [0.15, 0.2) is 0 Å². The summed E-state index contributed by atoms with van der Waals surface area (Å²) in [6.07, 6.45) is 4.29. The summed E-state index contributed by atoms with van der Waals surface area (Å²) in [6, 6.07) is 1.89. The third kappa shape index (κ3) is 2.62. The topological polar surface area (TPSA) is 52.6 Å². The summed E-state index contributed by atoms with van der Waals surface area (Å²) in [5, 5.41) is 3.11. The molecule has 3 rings (SSSR count). The second-order valence-electron chi connectivity index (χ2n) is 6.73. The number of ether oxygens (including phenoxy) is 1. The average molecular weight is 290 g/mol. The first-order chi connectivity index (χ1) is 9.84. The van der Waals surface area contributed by atoms with Gasteiger partial charge in [-0.15, -0.1) is 0 Å². The summed E-state index contributed by atoms with van der Waals surface area (Å²) in [7, 11) is 1.37. The molecule has 1 aromatic heterocycles. The number of nitrogens with zero attached hydrogens (tertiary/aromatic N) is 1. The van der Waals surface area contributed by atoms with Gasteiger partial charge in [-0.05, 0) is 46.6 Å². The third-order valence-corrected chi connectivity index (χ3v) is 4.49. The van der Waals surface area contributed by atoms with Crippen molar-refractivity contribution in [2.45, 2.75) is 57.8 Å². The second kappa shape index (κ2) is 4.88. The van der Waals surface area contributed by atoms with E-state index in [2.05, 4.69) is 10.3 Å². The molecular formula is C15H23BN2O3. The molecule has 1 aliphatic heterocycles. The molecule has 0 bridgehead atoms. The standard InChI is InChI=1S/C15H23BN2O3/c1-14(2)15(3,4)21-16(20-14)12-11(19-10-6-7-10)8-9-18-13(12)17-5/h8-10H,6-7H2,1-5H3,(H,17,18). The molecule has 0 spiro atoms. The minimum absolute atomic E-state index is 0.318. The maximum absolute atomic E-state index is 6.15. The molecule has 5 nitrogen and oxygen atoms in total. The van der Waals surface area contributed by atoms with Crippen molar-refractivity contribution >= 4 is 18.4 Å². The number of aromatic nitrogens is 1. The molecule has 114 valence electrons. The summed E-state index contributed by atoms with van der Waals surface area (Å²) >= 11 is 0. The maximum Gasteiger partial charge on any atom is 0.502 e. The lowest BCUT2D eigenvalue weighted by Gasteiger charge is -2.32. The van der Waals surface area contributed by atoms with Crippen LogP contribution in [0.5, 0.6) is 5.75 Å². The third-order valence-electron chi connectivity index (χ3n) is 4.49. The van der Waals surface area contributed by atoms with Crippen LogP contribution in [0.4, 0.5) is 5.82 Å². The summed E-state index contributed by atoms with van der Waals surface area (Å²) < 4.78 is 18.3. The fourth-order valence-electron chi connectivity index (χ4n) is 2.31. The first kappa shape index (κ1) is 14.7. The van der Waals surface area contributed by atoms with Gasteiger partial charge >= 0.3 is 7.12 Å². The predicted molar refractivity (Wildman–Crippen MR) is 83.1 cm³/mol. The molecular weight excluding hydrogens is 267 g/mol. The number of hydrogen-bond donors (Lipinski definition) is 1. The van der Waals surface area contributed by atoms with Crippen LogP contribution in [-0.4, -0.2) is 36.5 Å². The van der Waals surface area contributed by atoms with Crippen LogP contribution in [0.2, 0.25) is 0 Å². The largest absolute Gasteiger partial charge is 0.502 e. The lowest BCUT2D eigenvalue weighted by molar-refractivity contribution is 0.00578. The summed E-state index contributed by atoms with van der Waals surface area (Å²) in [6.45, 7) is 8.18. The van der Waals surface area contributed by atoms with E-state index >= 15 is 0 Å². The molecule has 2 heterocycles. The van der Waals surface area contributed by atoms with Gasteiger partial charge in [0.25, 0.3) is 0 Å². The molecule has 1 aromatic rings. The number of nitrogens with one attached hydrogen (secondary N) is 1. The van der Waals surface area contributed by atoms with Crippen LogP contribution in [0.25, 0.3) is 0 Å². The second-order valence-corrected chi connectivity index (χ2v) is 6.73. The maximum atomic E-state index is 6.15. The van der Waals surface area contributed by atoms with Crippen LogP contribution in [0.3, 0.4) is 0 Å². The van der Waals surface area contributed by atoms with Crippen LogP contribution in [0, 0.1) is 0 Å². The molecule has 2 aliphatic rings. The average Bonchev–Trinajstić information content (AvgIpc) is 3.17. The van der Waals surface area contributed by atoms with Gasteiger partial charge < -0.3 is 19.4 Å². The molecule has 0 aromatic carbocycles. The molecule has 1 aliphatic carbocycles. The summed E-state index contributed by atoms with van der Waals surface area (Å²) in [4.78, 5) is 4.37. The van der Waals surface area contributed by atoms with Crippen molar-refractivity contribution in [2.24, 2.45) is 0 Å². The molecule has 0 amide bonds. The van der Waals surface area contributed by atoms with E-state index in [0.29, 0.717) is 6.10 Å². The van der Waals surface area contributed by atoms with Crippen LogP contribution in [-0.2, 0) is 9.31 Å². The van der Waals surface area contributed by atoms with E-state index in [1.807, 2.05) is 40.8 Å². The van der Waals surface area contributed by atoms with E-state index < -0.39 is 7.12 Å². The highest BCUT2D eigenvalue weighted by Gasteiger charge is 2.53. The fraction of sp³-hybridized carbons (Fsp3) is 0.667. The van der Waals surface area contributed by atoms with Crippen molar-refractivity contribution in [2.75, 3.05) is 12.4 Å². The number of anilines is 1. The smallest absolute Gasteiger partial charge is 0.491 e. The molecule has 1 saturated heterocycles. The Balaban J connectivity index is 1.97. The monoisotopic (exact) mass is 290 g/mol. The van der Waals surface area contributed by atoms with E-state index in [1.165, 1.54) is 0 Å². The Bertz CT molecular complexity index is 528. The van der Waals surface area contributed by atoms with E-state index in [0.717, 1.165) is 29.9 Å². The molecule has 0 atom stereocenters. The van der Waals surface area contributed by atoms with Gasteiger partial charge in [-0.3, -0.25) is 0 Å². The lowest BCUT2D eigenvalue weighted by atomic mass is 9.78. The van der Waals surface area contributed by atoms with Gasteiger partial charge in [0.2, 0.25) is 0 Å². The SMILES string of the molecule is CNc1nccc(OC2CC2)c1B1OC(C)(C)C(C)(C)O1. The van der Waals surface area contributed by atoms with E-state index in [9.17, 15) is 0 Å². The highest BCUT2D eigenvalue weighted by molar-refractivity contribution is 6.64. The molecule has 2 fully saturated rings. The van der Waals surface area contributed by atoms with Gasteiger partial charge in [-0.2, -0.15) is 0 Å². The normalized spacial score (nSPS) is 23.2. The Hall–Kier alpha value is -1.27. The first-order valence-electron chi connectivity index (χ1n) is 7.53. The highest BCUT2D eigenvalue weighted by atomic mass is 16.7. The van der Waals surface area contributed by atoms with Gasteiger partial charge in [-0.25, -0.2) is 4.98 Å². The van der Waals surface area contributed by atoms with E-state index in [1.54, 1.807) is 6.20 Å². The molecule has 6 heteroatoms. The zero-order valence-electron chi connectivity index (χ0n) is 13.4. The summed E-state index contributed by atoms with van der Waals surface area (Å²) in [5.74, 6) is 1.54. The molecule has 0 radical (unpaired) electrons. The predicted octanol–water partition coefficient (Wildman–Crippen LogP) is 1.96. The Morgan fingerprint density at radius 2 is 1.86 bits per heavy atom. The van der Waals surface area contributed by atoms with Crippen molar-refractivity contribution in [1.29, 1.82) is 0 Å². The van der Waals surface area contributed by atoms with Crippen molar-refractivity contribution in [3.8, 4) is 5.75 Å². The highest BCUT2D eigenvalue weighted by Crippen LogP contribution is 2.38. The number of pyridine rings is 1. The number of hydrogen-bond acceptors (Lipinski definition) is 5. The van der Waals surface area contributed by atoms with Crippen molar-refractivity contribution in [1.82, 2.24) is 4.98 Å². The van der Waals surface area contributed by atoms with Crippen LogP contribution >= 0.6 is 0 Å². The van der Waals surface area contributed by atoms with Crippen molar-refractivity contribution in [3.05, 3.63) is 12.3 Å². The Kier molecular flexibility index (Phi) is 3.41. The van der Waals surface area contributed by atoms with Crippen LogP contribution in [0.1, 0.15) is 40.5 Å². The van der Waals surface area contributed by atoms with Crippen LogP contribution < -0.4 is 15.5 Å². The minimum atomic E-state index is -0.472.